The van der Waals surface area contributed by atoms with Crippen molar-refractivity contribution >= 4 is 32.7 Å². The van der Waals surface area contributed by atoms with Crippen LogP contribution < -0.4 is 0 Å². The number of aliphatic imine (C=N–C) groups is 1. The smallest absolute Gasteiger partial charge is 0.136 e. The van der Waals surface area contributed by atoms with E-state index in [0.717, 1.165) is 10.0 Å². The molecule has 1 rings (SSSR count). The summed E-state index contributed by atoms with van der Waals surface area (Å²) < 4.78 is 0.986. The highest BCUT2D eigenvalue weighted by Crippen LogP contribution is 2.12. The van der Waals surface area contributed by atoms with Crippen molar-refractivity contribution in [2.45, 2.75) is 0 Å². The van der Waals surface area contributed by atoms with E-state index in [4.69, 9.17) is 16.7 Å². The van der Waals surface area contributed by atoms with Crippen molar-refractivity contribution in [3.05, 3.63) is 34.3 Å². The van der Waals surface area contributed by atoms with Gasteiger partial charge < -0.3 is 5.11 Å². The Kier molecular flexibility index (Phi) is 3.72. The van der Waals surface area contributed by atoms with Gasteiger partial charge in [-0.25, -0.2) is 4.99 Å². The summed E-state index contributed by atoms with van der Waals surface area (Å²) in [6.07, 6.45) is 0. The molecule has 0 atom stereocenters. The lowest BCUT2D eigenvalue weighted by Crippen LogP contribution is -1.91. The minimum Gasteiger partial charge on any atom is -0.374 e. The summed E-state index contributed by atoms with van der Waals surface area (Å²) in [7, 11) is 0. The second kappa shape index (κ2) is 4.60. The van der Waals surface area contributed by atoms with E-state index in [-0.39, 0.29) is 6.73 Å². The van der Waals surface area contributed by atoms with E-state index in [1.807, 2.05) is 24.3 Å². The standard InChI is InChI=1S/C8H7BrClNO/c9-7-3-1-6(2-4-7)8(10)11-5-12/h1-4,12H,5H2/b11-8+. The Bertz CT molecular complexity index is 284. The summed E-state index contributed by atoms with van der Waals surface area (Å²) in [6, 6.07) is 7.38. The van der Waals surface area contributed by atoms with Crippen molar-refractivity contribution in [3.63, 3.8) is 0 Å². The predicted octanol–water partition coefficient (Wildman–Crippen LogP) is 2.38. The van der Waals surface area contributed by atoms with E-state index in [9.17, 15) is 0 Å². The first-order valence-electron chi connectivity index (χ1n) is 3.31. The van der Waals surface area contributed by atoms with Crippen LogP contribution in [0.25, 0.3) is 0 Å². The van der Waals surface area contributed by atoms with Gasteiger partial charge in [-0.1, -0.05) is 39.7 Å². The van der Waals surface area contributed by atoms with Crippen molar-refractivity contribution < 1.29 is 5.11 Å². The molecule has 0 aromatic heterocycles. The molecule has 64 valence electrons. The molecule has 0 aliphatic heterocycles. The van der Waals surface area contributed by atoms with Gasteiger partial charge in [0.25, 0.3) is 0 Å². The van der Waals surface area contributed by atoms with Crippen molar-refractivity contribution in [1.82, 2.24) is 0 Å². The lowest BCUT2D eigenvalue weighted by molar-refractivity contribution is 0.310. The molecule has 0 heterocycles. The molecule has 12 heavy (non-hydrogen) atoms. The molecule has 4 heteroatoms. The molecule has 1 aromatic carbocycles. The lowest BCUT2D eigenvalue weighted by atomic mass is 10.2. The Morgan fingerprint density at radius 1 is 1.42 bits per heavy atom. The number of aliphatic hydroxyl groups is 1. The number of halogens is 2. The highest BCUT2D eigenvalue weighted by Gasteiger charge is 1.97. The summed E-state index contributed by atoms with van der Waals surface area (Å²) in [5.41, 5.74) is 0.800. The zero-order chi connectivity index (χ0) is 8.97. The fourth-order valence-corrected chi connectivity index (χ4v) is 1.18. The van der Waals surface area contributed by atoms with Gasteiger partial charge in [0.05, 0.1) is 0 Å². The van der Waals surface area contributed by atoms with Crippen LogP contribution in [0.4, 0.5) is 0 Å². The first-order valence-corrected chi connectivity index (χ1v) is 4.48. The number of nitrogens with zero attached hydrogens (tertiary/aromatic N) is 1. The van der Waals surface area contributed by atoms with Crippen LogP contribution in [-0.4, -0.2) is 17.0 Å². The first-order chi connectivity index (χ1) is 5.74. The van der Waals surface area contributed by atoms with Gasteiger partial charge in [0.15, 0.2) is 0 Å². The van der Waals surface area contributed by atoms with Gasteiger partial charge in [-0.05, 0) is 12.1 Å². The van der Waals surface area contributed by atoms with Gasteiger partial charge in [-0.15, -0.1) is 0 Å². The molecular weight excluding hydrogens is 241 g/mol. The molecule has 0 amide bonds. The Morgan fingerprint density at radius 3 is 2.50 bits per heavy atom. The van der Waals surface area contributed by atoms with Crippen LogP contribution in [0.1, 0.15) is 5.56 Å². The summed E-state index contributed by atoms with van der Waals surface area (Å²) in [5.74, 6) is 0. The average Bonchev–Trinajstić information content (AvgIpc) is 2.06. The summed E-state index contributed by atoms with van der Waals surface area (Å²) >= 11 is 9.03. The Hall–Kier alpha value is -0.380. The molecule has 0 unspecified atom stereocenters. The third kappa shape index (κ3) is 2.59. The SMILES string of the molecule is OC/N=C(/Cl)c1ccc(Br)cc1. The van der Waals surface area contributed by atoms with Gasteiger partial charge in [-0.2, -0.15) is 0 Å². The second-order valence-corrected chi connectivity index (χ2v) is 3.37. The van der Waals surface area contributed by atoms with Gasteiger partial charge in [0.1, 0.15) is 11.9 Å². The maximum atomic E-state index is 8.47. The molecule has 1 N–H and O–H groups in total. The van der Waals surface area contributed by atoms with Crippen LogP contribution >= 0.6 is 27.5 Å². The minimum atomic E-state index is -0.283. The zero-order valence-corrected chi connectivity index (χ0v) is 8.51. The summed E-state index contributed by atoms with van der Waals surface area (Å²) in [4.78, 5) is 3.65. The number of rotatable bonds is 2. The third-order valence-electron chi connectivity index (χ3n) is 1.29. The van der Waals surface area contributed by atoms with Gasteiger partial charge in [0, 0.05) is 10.0 Å². The van der Waals surface area contributed by atoms with E-state index in [1.165, 1.54) is 0 Å². The highest BCUT2D eigenvalue weighted by atomic mass is 79.9. The molecule has 0 bridgehead atoms. The number of aliphatic hydroxyl groups excluding tert-OH is 1. The predicted molar refractivity (Wildman–Crippen MR) is 53.6 cm³/mol. The molecular formula is C8H7BrClNO. The number of hydrogen-bond acceptors (Lipinski definition) is 2. The van der Waals surface area contributed by atoms with E-state index >= 15 is 0 Å². The van der Waals surface area contributed by atoms with Gasteiger partial charge >= 0.3 is 0 Å². The van der Waals surface area contributed by atoms with Crippen LogP contribution in [0, 0.1) is 0 Å². The largest absolute Gasteiger partial charge is 0.374 e. The van der Waals surface area contributed by atoms with Crippen molar-refractivity contribution in [1.29, 1.82) is 0 Å². The maximum absolute atomic E-state index is 8.47. The number of benzene rings is 1. The monoisotopic (exact) mass is 247 g/mol. The first kappa shape index (κ1) is 9.71. The molecule has 0 saturated carbocycles. The van der Waals surface area contributed by atoms with Crippen LogP contribution in [0.15, 0.2) is 33.7 Å². The average molecular weight is 249 g/mol. The fraction of sp³-hybridized carbons (Fsp3) is 0.125. The van der Waals surface area contributed by atoms with E-state index < -0.39 is 0 Å². The van der Waals surface area contributed by atoms with Crippen LogP contribution in [-0.2, 0) is 0 Å². The molecule has 0 aliphatic carbocycles. The summed E-state index contributed by atoms with van der Waals surface area (Å²) in [5, 5.41) is 8.80. The van der Waals surface area contributed by atoms with Crippen molar-refractivity contribution in [3.8, 4) is 0 Å². The second-order valence-electron chi connectivity index (χ2n) is 2.10. The van der Waals surface area contributed by atoms with Crippen molar-refractivity contribution in [2.75, 3.05) is 6.73 Å². The lowest BCUT2D eigenvalue weighted by Gasteiger charge is -1.96. The molecule has 1 aromatic rings. The summed E-state index contributed by atoms with van der Waals surface area (Å²) in [6.45, 7) is -0.283. The van der Waals surface area contributed by atoms with E-state index in [2.05, 4.69) is 20.9 Å². The van der Waals surface area contributed by atoms with Crippen LogP contribution in [0.5, 0.6) is 0 Å². The number of hydrogen-bond donors (Lipinski definition) is 1. The molecule has 2 nitrogen and oxygen atoms in total. The van der Waals surface area contributed by atoms with Crippen LogP contribution in [0.2, 0.25) is 0 Å². The maximum Gasteiger partial charge on any atom is 0.136 e. The molecule has 0 fully saturated rings. The fourth-order valence-electron chi connectivity index (χ4n) is 0.741. The van der Waals surface area contributed by atoms with Crippen LogP contribution in [0.3, 0.4) is 0 Å². The normalized spacial score (nSPS) is 11.8. The molecule has 0 aliphatic rings. The van der Waals surface area contributed by atoms with E-state index in [1.54, 1.807) is 0 Å². The molecule has 0 radical (unpaired) electrons. The zero-order valence-electron chi connectivity index (χ0n) is 6.17. The van der Waals surface area contributed by atoms with Gasteiger partial charge in [-0.3, -0.25) is 0 Å². The quantitative estimate of drug-likeness (QED) is 0.801. The highest BCUT2D eigenvalue weighted by molar-refractivity contribution is 9.10. The Balaban J connectivity index is 2.89. The van der Waals surface area contributed by atoms with E-state index in [0.29, 0.717) is 5.17 Å². The van der Waals surface area contributed by atoms with Gasteiger partial charge in [0.2, 0.25) is 0 Å². The minimum absolute atomic E-state index is 0.283. The third-order valence-corrected chi connectivity index (χ3v) is 2.16. The van der Waals surface area contributed by atoms with Crippen molar-refractivity contribution in [2.24, 2.45) is 4.99 Å². The molecule has 0 spiro atoms. The Labute approximate surface area is 84.0 Å². The Morgan fingerprint density at radius 2 is 2.00 bits per heavy atom. The molecule has 0 saturated heterocycles. The topological polar surface area (TPSA) is 32.6 Å².